The number of aromatic nitrogens is 3. The first kappa shape index (κ1) is 21.9. The van der Waals surface area contributed by atoms with Gasteiger partial charge in [0, 0.05) is 24.8 Å². The Hall–Kier alpha value is -2.84. The number of nitrogens with two attached hydrogens (primary N) is 2. The van der Waals surface area contributed by atoms with Gasteiger partial charge in [0.15, 0.2) is 0 Å². The first-order valence-electron chi connectivity index (χ1n) is 10.1. The third-order valence-corrected chi connectivity index (χ3v) is 5.39. The zero-order valence-electron chi connectivity index (χ0n) is 17.5. The van der Waals surface area contributed by atoms with Crippen molar-refractivity contribution in [3.05, 3.63) is 46.0 Å². The van der Waals surface area contributed by atoms with E-state index in [9.17, 15) is 4.79 Å². The Morgan fingerprint density at radius 2 is 1.83 bits per heavy atom. The molecule has 0 spiro atoms. The number of nitrogens with one attached hydrogen (secondary N) is 2. The van der Waals surface area contributed by atoms with Crippen LogP contribution in [0.4, 0.5) is 11.6 Å². The van der Waals surface area contributed by atoms with Crippen LogP contribution in [0.3, 0.4) is 0 Å². The third-order valence-electron chi connectivity index (χ3n) is 5.09. The highest BCUT2D eigenvalue weighted by molar-refractivity contribution is 6.32. The van der Waals surface area contributed by atoms with Crippen LogP contribution in [0.25, 0.3) is 16.9 Å². The van der Waals surface area contributed by atoms with Crippen LogP contribution in [-0.4, -0.2) is 45.7 Å². The highest BCUT2D eigenvalue weighted by Gasteiger charge is 2.21. The van der Waals surface area contributed by atoms with Crippen molar-refractivity contribution in [3.8, 4) is 22.7 Å². The number of aromatic amines is 2. The van der Waals surface area contributed by atoms with Gasteiger partial charge in [-0.25, -0.2) is 4.79 Å². The number of piperidine rings is 1. The lowest BCUT2D eigenvalue weighted by Crippen LogP contribution is -2.35. The lowest BCUT2D eigenvalue weighted by atomic mass is 10.1. The fourth-order valence-corrected chi connectivity index (χ4v) is 3.78. The standard InChI is InChI=1S/C19H23ClN6O2.C2H6/c1-25-8-5-12(6-9-25)28-15-3-2-11(10-14(15)20)26-16(18(22)24-19(26)27)13-4-7-23-17(13)21;1-2/h2-4,7,10,12,23H,5-6,8-9,21-22H2,1H3,(H,24,27);1-2H3. The Balaban J connectivity index is 0.00000124. The molecule has 0 saturated carbocycles. The van der Waals surface area contributed by atoms with E-state index in [4.69, 9.17) is 27.8 Å². The summed E-state index contributed by atoms with van der Waals surface area (Å²) in [6.45, 7) is 6.00. The monoisotopic (exact) mass is 432 g/mol. The number of nitrogens with zero attached hydrogens (tertiary/aromatic N) is 2. The molecule has 0 unspecified atom stereocenters. The van der Waals surface area contributed by atoms with Gasteiger partial charge in [-0.05, 0) is 44.2 Å². The molecule has 0 amide bonds. The number of likely N-dealkylation sites (tertiary alicyclic amines) is 1. The molecule has 4 rings (SSSR count). The van der Waals surface area contributed by atoms with Gasteiger partial charge >= 0.3 is 5.69 Å². The number of nitrogen functional groups attached to an aromatic ring is 2. The lowest BCUT2D eigenvalue weighted by molar-refractivity contribution is 0.114. The molecular formula is C21H29ClN6O2. The van der Waals surface area contributed by atoms with Crippen molar-refractivity contribution in [1.82, 2.24) is 19.4 Å². The van der Waals surface area contributed by atoms with Crippen molar-refractivity contribution in [2.45, 2.75) is 32.8 Å². The maximum Gasteiger partial charge on any atom is 0.332 e. The average Bonchev–Trinajstić information content (AvgIpc) is 3.28. The van der Waals surface area contributed by atoms with Crippen molar-refractivity contribution in [2.24, 2.45) is 0 Å². The van der Waals surface area contributed by atoms with Gasteiger partial charge in [0.05, 0.1) is 10.7 Å². The molecule has 6 N–H and O–H groups in total. The molecular weight excluding hydrogens is 404 g/mol. The first-order valence-corrected chi connectivity index (χ1v) is 10.5. The minimum atomic E-state index is -0.367. The summed E-state index contributed by atoms with van der Waals surface area (Å²) < 4.78 is 7.54. The predicted molar refractivity (Wildman–Crippen MR) is 123 cm³/mol. The second-order valence-corrected chi connectivity index (χ2v) is 7.48. The predicted octanol–water partition coefficient (Wildman–Crippen LogP) is 3.48. The number of rotatable bonds is 4. The molecule has 0 aliphatic carbocycles. The van der Waals surface area contributed by atoms with Crippen LogP contribution in [0.5, 0.6) is 5.75 Å². The molecule has 0 bridgehead atoms. The van der Waals surface area contributed by atoms with Crippen LogP contribution in [0, 0.1) is 0 Å². The molecule has 1 aromatic carbocycles. The molecule has 1 fully saturated rings. The van der Waals surface area contributed by atoms with Crippen molar-refractivity contribution < 1.29 is 4.74 Å². The van der Waals surface area contributed by atoms with Crippen LogP contribution in [0.1, 0.15) is 26.7 Å². The van der Waals surface area contributed by atoms with E-state index < -0.39 is 0 Å². The van der Waals surface area contributed by atoms with Crippen molar-refractivity contribution in [3.63, 3.8) is 0 Å². The molecule has 1 aliphatic heterocycles. The van der Waals surface area contributed by atoms with Gasteiger partial charge in [-0.1, -0.05) is 25.4 Å². The Kier molecular flexibility index (Phi) is 6.79. The van der Waals surface area contributed by atoms with Gasteiger partial charge in [-0.2, -0.15) is 0 Å². The topological polar surface area (TPSA) is 118 Å². The molecule has 0 radical (unpaired) electrons. The lowest BCUT2D eigenvalue weighted by Gasteiger charge is -2.29. The smallest absolute Gasteiger partial charge is 0.332 e. The fraction of sp³-hybridized carbons (Fsp3) is 0.381. The molecule has 9 heteroatoms. The SMILES string of the molecule is CC.CN1CCC(Oc2ccc(-n3c(-c4cc[nH]c4N)c(N)[nH]c3=O)cc2Cl)CC1. The second-order valence-electron chi connectivity index (χ2n) is 7.07. The maximum atomic E-state index is 12.5. The highest BCUT2D eigenvalue weighted by atomic mass is 35.5. The Morgan fingerprint density at radius 3 is 2.43 bits per heavy atom. The van der Waals surface area contributed by atoms with E-state index in [1.165, 1.54) is 4.57 Å². The molecule has 1 aliphatic rings. The summed E-state index contributed by atoms with van der Waals surface area (Å²) in [7, 11) is 2.10. The van der Waals surface area contributed by atoms with Crippen LogP contribution in [0.2, 0.25) is 5.02 Å². The van der Waals surface area contributed by atoms with Gasteiger partial charge in [-0.3, -0.25) is 9.55 Å². The van der Waals surface area contributed by atoms with E-state index in [-0.39, 0.29) is 17.6 Å². The number of hydrogen-bond acceptors (Lipinski definition) is 5. The van der Waals surface area contributed by atoms with Crippen LogP contribution in [-0.2, 0) is 0 Å². The molecule has 162 valence electrons. The molecule has 0 atom stereocenters. The number of imidazole rings is 1. The fourth-order valence-electron chi connectivity index (χ4n) is 3.56. The van der Waals surface area contributed by atoms with Crippen molar-refractivity contribution in [2.75, 3.05) is 31.6 Å². The second kappa shape index (κ2) is 9.32. The molecule has 8 nitrogen and oxygen atoms in total. The van der Waals surface area contributed by atoms with Gasteiger partial charge in [0.2, 0.25) is 0 Å². The molecule has 30 heavy (non-hydrogen) atoms. The Bertz CT molecular complexity index is 1050. The van der Waals surface area contributed by atoms with Gasteiger partial charge in [0.1, 0.15) is 29.2 Å². The average molecular weight is 433 g/mol. The Morgan fingerprint density at radius 1 is 1.13 bits per heavy atom. The Labute approximate surface area is 180 Å². The number of halogens is 1. The number of benzene rings is 1. The van der Waals surface area contributed by atoms with E-state index in [2.05, 4.69) is 21.9 Å². The largest absolute Gasteiger partial charge is 0.489 e. The summed E-state index contributed by atoms with van der Waals surface area (Å²) in [4.78, 5) is 20.3. The van der Waals surface area contributed by atoms with E-state index in [1.807, 2.05) is 13.8 Å². The van der Waals surface area contributed by atoms with Crippen LogP contribution in [0.15, 0.2) is 35.3 Å². The molecule has 3 heterocycles. The van der Waals surface area contributed by atoms with E-state index in [1.54, 1.807) is 30.5 Å². The summed E-state index contributed by atoms with van der Waals surface area (Å²) >= 11 is 6.47. The number of ether oxygens (including phenoxy) is 1. The maximum absolute atomic E-state index is 12.5. The van der Waals surface area contributed by atoms with Gasteiger partial charge < -0.3 is 26.1 Å². The van der Waals surface area contributed by atoms with Crippen LogP contribution < -0.4 is 21.9 Å². The summed E-state index contributed by atoms with van der Waals surface area (Å²) in [6, 6.07) is 7.05. The molecule has 2 aromatic heterocycles. The summed E-state index contributed by atoms with van der Waals surface area (Å²) in [5, 5.41) is 0.441. The molecule has 3 aromatic rings. The quantitative estimate of drug-likeness (QED) is 0.503. The normalized spacial score (nSPS) is 14.9. The van der Waals surface area contributed by atoms with Gasteiger partial charge in [0.25, 0.3) is 0 Å². The summed E-state index contributed by atoms with van der Waals surface area (Å²) in [5.41, 5.74) is 13.3. The summed E-state index contributed by atoms with van der Waals surface area (Å²) in [5.74, 6) is 1.27. The zero-order valence-corrected chi connectivity index (χ0v) is 18.3. The highest BCUT2D eigenvalue weighted by Crippen LogP contribution is 2.33. The van der Waals surface area contributed by atoms with Crippen molar-refractivity contribution >= 4 is 23.2 Å². The van der Waals surface area contributed by atoms with E-state index in [0.717, 1.165) is 25.9 Å². The number of hydrogen-bond donors (Lipinski definition) is 4. The van der Waals surface area contributed by atoms with Crippen molar-refractivity contribution in [1.29, 1.82) is 0 Å². The van der Waals surface area contributed by atoms with Gasteiger partial charge in [-0.15, -0.1) is 0 Å². The number of H-pyrrole nitrogens is 2. The third kappa shape index (κ3) is 4.34. The summed E-state index contributed by atoms with van der Waals surface area (Å²) in [6.07, 6.45) is 3.75. The number of anilines is 2. The van der Waals surface area contributed by atoms with E-state index >= 15 is 0 Å². The first-order chi connectivity index (χ1) is 14.4. The minimum Gasteiger partial charge on any atom is -0.489 e. The van der Waals surface area contributed by atoms with E-state index in [0.29, 0.717) is 33.5 Å². The molecule has 1 saturated heterocycles. The zero-order chi connectivity index (χ0) is 21.8. The van der Waals surface area contributed by atoms with Crippen LogP contribution >= 0.6 is 11.6 Å². The minimum absolute atomic E-state index is 0.139.